The number of benzene rings is 2. The van der Waals surface area contributed by atoms with Crippen molar-refractivity contribution in [1.82, 2.24) is 0 Å². The molecule has 2 rings (SSSR count). The molecule has 6 N–H and O–H groups in total. The zero-order chi connectivity index (χ0) is 16.1. The fraction of sp³-hybridized carbons (Fsp3) is 0.0667. The third kappa shape index (κ3) is 3.72. The lowest BCUT2D eigenvalue weighted by atomic mass is 10.0. The first-order valence-corrected chi connectivity index (χ1v) is 6.37. The fourth-order valence-electron chi connectivity index (χ4n) is 1.89. The standard InChI is InChI=1S/C15H16FN5O/c1-22-13-6-5-10(8-12(13)16)9-3-2-4-11(7-9)20-15(19)21-14(17)18/h2-8H,1H3,(H6,17,18,19,20,21). The Morgan fingerprint density at radius 3 is 2.41 bits per heavy atom. The van der Waals surface area contributed by atoms with Crippen LogP contribution < -0.4 is 21.9 Å². The Balaban J connectivity index is 2.36. The maximum absolute atomic E-state index is 13.8. The second kappa shape index (κ2) is 6.57. The molecule has 0 aliphatic carbocycles. The van der Waals surface area contributed by atoms with E-state index < -0.39 is 5.82 Å². The lowest BCUT2D eigenvalue weighted by Gasteiger charge is -2.06. The van der Waals surface area contributed by atoms with Crippen LogP contribution in [0.1, 0.15) is 0 Å². The molecule has 7 heteroatoms. The number of nitrogens with zero attached hydrogens (tertiary/aromatic N) is 2. The Kier molecular flexibility index (Phi) is 4.57. The molecule has 0 saturated heterocycles. The highest BCUT2D eigenvalue weighted by molar-refractivity contribution is 5.93. The van der Waals surface area contributed by atoms with Crippen LogP contribution in [-0.4, -0.2) is 19.0 Å². The molecule has 0 amide bonds. The van der Waals surface area contributed by atoms with Gasteiger partial charge < -0.3 is 21.9 Å². The van der Waals surface area contributed by atoms with Crippen molar-refractivity contribution in [3.8, 4) is 16.9 Å². The van der Waals surface area contributed by atoms with Crippen molar-refractivity contribution in [2.45, 2.75) is 0 Å². The fourth-order valence-corrected chi connectivity index (χ4v) is 1.89. The summed E-state index contributed by atoms with van der Waals surface area (Å²) >= 11 is 0. The van der Waals surface area contributed by atoms with Gasteiger partial charge in [-0.25, -0.2) is 9.38 Å². The summed E-state index contributed by atoms with van der Waals surface area (Å²) in [6.45, 7) is 0. The van der Waals surface area contributed by atoms with Gasteiger partial charge in [0.15, 0.2) is 17.5 Å². The maximum atomic E-state index is 13.8. The molecule has 0 heterocycles. The van der Waals surface area contributed by atoms with E-state index in [1.165, 1.54) is 13.2 Å². The molecule has 0 aliphatic heterocycles. The second-order valence-electron chi connectivity index (χ2n) is 4.41. The molecule has 114 valence electrons. The molecule has 2 aromatic carbocycles. The summed E-state index contributed by atoms with van der Waals surface area (Å²) in [5.41, 5.74) is 18.1. The minimum atomic E-state index is -0.436. The van der Waals surface area contributed by atoms with E-state index in [2.05, 4.69) is 9.98 Å². The van der Waals surface area contributed by atoms with E-state index in [0.717, 1.165) is 5.56 Å². The first kappa shape index (κ1) is 15.3. The Morgan fingerprint density at radius 1 is 1.05 bits per heavy atom. The Bertz CT molecular complexity index is 738. The van der Waals surface area contributed by atoms with Crippen molar-refractivity contribution in [2.24, 2.45) is 27.2 Å². The number of methoxy groups -OCH3 is 1. The molecular weight excluding hydrogens is 285 g/mol. The molecule has 22 heavy (non-hydrogen) atoms. The lowest BCUT2D eigenvalue weighted by Crippen LogP contribution is -2.26. The SMILES string of the molecule is COc1ccc(-c2cccc(N=C(N)N=C(N)N)c2)cc1F. The largest absolute Gasteiger partial charge is 0.494 e. The van der Waals surface area contributed by atoms with Crippen LogP contribution in [0.2, 0.25) is 0 Å². The van der Waals surface area contributed by atoms with Crippen LogP contribution >= 0.6 is 0 Å². The highest BCUT2D eigenvalue weighted by atomic mass is 19.1. The normalized spacial score (nSPS) is 11.1. The van der Waals surface area contributed by atoms with Crippen LogP contribution in [0.3, 0.4) is 0 Å². The lowest BCUT2D eigenvalue weighted by molar-refractivity contribution is 0.386. The first-order valence-electron chi connectivity index (χ1n) is 6.37. The van der Waals surface area contributed by atoms with Crippen LogP contribution in [0, 0.1) is 5.82 Å². The molecule has 0 saturated carbocycles. The molecule has 6 nitrogen and oxygen atoms in total. The minimum Gasteiger partial charge on any atom is -0.494 e. The number of halogens is 1. The topological polar surface area (TPSA) is 112 Å². The van der Waals surface area contributed by atoms with Crippen LogP contribution in [-0.2, 0) is 0 Å². The summed E-state index contributed by atoms with van der Waals surface area (Å²) in [6.07, 6.45) is 0. The molecule has 0 bridgehead atoms. The smallest absolute Gasteiger partial charge is 0.223 e. The predicted octanol–water partition coefficient (Wildman–Crippen LogP) is 1.72. The van der Waals surface area contributed by atoms with Crippen LogP contribution in [0.5, 0.6) is 5.75 Å². The third-order valence-corrected chi connectivity index (χ3v) is 2.82. The summed E-state index contributed by atoms with van der Waals surface area (Å²) in [6, 6.07) is 11.8. The zero-order valence-electron chi connectivity index (χ0n) is 12.0. The molecule has 0 aromatic heterocycles. The van der Waals surface area contributed by atoms with E-state index in [-0.39, 0.29) is 17.7 Å². The molecule has 0 aliphatic rings. The van der Waals surface area contributed by atoms with Gasteiger partial charge in [0.2, 0.25) is 5.96 Å². The van der Waals surface area contributed by atoms with Gasteiger partial charge >= 0.3 is 0 Å². The zero-order valence-corrected chi connectivity index (χ0v) is 12.0. The van der Waals surface area contributed by atoms with Crippen LogP contribution in [0.4, 0.5) is 10.1 Å². The number of hydrogen-bond acceptors (Lipinski definition) is 2. The average molecular weight is 301 g/mol. The van der Waals surface area contributed by atoms with Crippen molar-refractivity contribution in [1.29, 1.82) is 0 Å². The van der Waals surface area contributed by atoms with Crippen molar-refractivity contribution in [3.63, 3.8) is 0 Å². The van der Waals surface area contributed by atoms with Crippen molar-refractivity contribution in [2.75, 3.05) is 7.11 Å². The van der Waals surface area contributed by atoms with E-state index in [1.807, 2.05) is 6.07 Å². The van der Waals surface area contributed by atoms with Gasteiger partial charge in [-0.1, -0.05) is 18.2 Å². The van der Waals surface area contributed by atoms with E-state index in [4.69, 9.17) is 21.9 Å². The first-order chi connectivity index (χ1) is 10.5. The van der Waals surface area contributed by atoms with Gasteiger partial charge in [-0.2, -0.15) is 4.99 Å². The summed E-state index contributed by atoms with van der Waals surface area (Å²) in [7, 11) is 1.42. The number of nitrogens with two attached hydrogens (primary N) is 3. The molecule has 2 aromatic rings. The number of rotatable bonds is 3. The van der Waals surface area contributed by atoms with Gasteiger partial charge in [0.05, 0.1) is 12.8 Å². The number of aliphatic imine (C=N–C) groups is 2. The Labute approximate surface area is 127 Å². The molecule has 0 fully saturated rings. The van der Waals surface area contributed by atoms with Crippen molar-refractivity contribution in [3.05, 3.63) is 48.3 Å². The molecule has 0 radical (unpaired) electrons. The van der Waals surface area contributed by atoms with Gasteiger partial charge in [0, 0.05) is 0 Å². The maximum Gasteiger partial charge on any atom is 0.223 e. The van der Waals surface area contributed by atoms with Crippen molar-refractivity contribution < 1.29 is 9.13 Å². The van der Waals surface area contributed by atoms with Gasteiger partial charge in [-0.3, -0.25) is 0 Å². The minimum absolute atomic E-state index is 0.0574. The number of hydrogen-bond donors (Lipinski definition) is 3. The monoisotopic (exact) mass is 301 g/mol. The third-order valence-electron chi connectivity index (χ3n) is 2.82. The summed E-state index contributed by atoms with van der Waals surface area (Å²) in [4.78, 5) is 7.71. The van der Waals surface area contributed by atoms with E-state index in [9.17, 15) is 4.39 Å². The van der Waals surface area contributed by atoms with Crippen LogP contribution in [0.25, 0.3) is 11.1 Å². The van der Waals surface area contributed by atoms with E-state index in [0.29, 0.717) is 11.3 Å². The summed E-state index contributed by atoms with van der Waals surface area (Å²) < 4.78 is 18.7. The Hall–Kier alpha value is -3.09. The van der Waals surface area contributed by atoms with Crippen molar-refractivity contribution >= 4 is 17.6 Å². The highest BCUT2D eigenvalue weighted by Gasteiger charge is 2.06. The Morgan fingerprint density at radius 2 is 1.77 bits per heavy atom. The van der Waals surface area contributed by atoms with E-state index in [1.54, 1.807) is 30.3 Å². The van der Waals surface area contributed by atoms with Gasteiger partial charge in [0.25, 0.3) is 0 Å². The van der Waals surface area contributed by atoms with E-state index >= 15 is 0 Å². The average Bonchev–Trinajstić information content (AvgIpc) is 2.46. The number of ether oxygens (including phenoxy) is 1. The quantitative estimate of drug-likeness (QED) is 0.592. The molecule has 0 unspecified atom stereocenters. The summed E-state index contributed by atoms with van der Waals surface area (Å²) in [5.74, 6) is -0.475. The van der Waals surface area contributed by atoms with Gasteiger partial charge in [0.1, 0.15) is 0 Å². The summed E-state index contributed by atoms with van der Waals surface area (Å²) in [5, 5.41) is 0. The molecule has 0 spiro atoms. The molecular formula is C15H16FN5O. The molecule has 0 atom stereocenters. The van der Waals surface area contributed by atoms with Gasteiger partial charge in [-0.15, -0.1) is 0 Å². The number of guanidine groups is 2. The van der Waals surface area contributed by atoms with Crippen LogP contribution in [0.15, 0.2) is 52.4 Å². The predicted molar refractivity (Wildman–Crippen MR) is 85.5 cm³/mol. The second-order valence-corrected chi connectivity index (χ2v) is 4.41. The highest BCUT2D eigenvalue weighted by Crippen LogP contribution is 2.28. The van der Waals surface area contributed by atoms with Gasteiger partial charge in [-0.05, 0) is 35.4 Å².